The van der Waals surface area contributed by atoms with Gasteiger partial charge in [0, 0.05) is 0 Å². The summed E-state index contributed by atoms with van der Waals surface area (Å²) in [6, 6.07) is 3.59. The van der Waals surface area contributed by atoms with Crippen LogP contribution in [0.15, 0.2) is 17.0 Å². The van der Waals surface area contributed by atoms with Crippen molar-refractivity contribution in [2.75, 3.05) is 5.94 Å². The number of hydroxylamine groups is 1. The van der Waals surface area contributed by atoms with Crippen LogP contribution >= 0.6 is 0 Å². The molecule has 0 saturated heterocycles. The summed E-state index contributed by atoms with van der Waals surface area (Å²) in [6.45, 7) is 10.5. The molecule has 0 bridgehead atoms. The van der Waals surface area contributed by atoms with Gasteiger partial charge in [-0.05, 0) is 52.7 Å². The summed E-state index contributed by atoms with van der Waals surface area (Å²) in [6.07, 6.45) is -0.833. The van der Waals surface area contributed by atoms with Crippen LogP contribution in [0.5, 0.6) is 0 Å². The fourth-order valence-electron chi connectivity index (χ4n) is 2.18. The molecular weight excluding hydrogens is 306 g/mol. The number of hydrogen-bond donors (Lipinski definition) is 1. The molecule has 0 fully saturated rings. The maximum absolute atomic E-state index is 12.3. The largest absolute Gasteiger partial charge is 0.442 e. The lowest BCUT2D eigenvalue weighted by atomic mass is 10.1. The van der Waals surface area contributed by atoms with Gasteiger partial charge in [-0.25, -0.2) is 13.2 Å². The fourth-order valence-corrected chi connectivity index (χ4v) is 3.61. The maximum Gasteiger partial charge on any atom is 0.431 e. The maximum atomic E-state index is 12.3. The van der Waals surface area contributed by atoms with Crippen molar-refractivity contribution in [1.82, 2.24) is 5.48 Å². The van der Waals surface area contributed by atoms with Gasteiger partial charge in [0.25, 0.3) is 0 Å². The van der Waals surface area contributed by atoms with Gasteiger partial charge in [-0.2, -0.15) is 5.48 Å². The van der Waals surface area contributed by atoms with Crippen LogP contribution in [0.4, 0.5) is 4.79 Å². The molecule has 1 aromatic carbocycles. The first kappa shape index (κ1) is 18.4. The highest BCUT2D eigenvalue weighted by Crippen LogP contribution is 2.22. The van der Waals surface area contributed by atoms with Crippen LogP contribution in [0.1, 0.15) is 37.5 Å². The summed E-state index contributed by atoms with van der Waals surface area (Å²) < 4.78 is 29.6. The Morgan fingerprint density at radius 1 is 1.14 bits per heavy atom. The third-order valence-electron chi connectivity index (χ3n) is 2.68. The number of rotatable bonds is 4. The Labute approximate surface area is 131 Å². The molecule has 6 nitrogen and oxygen atoms in total. The van der Waals surface area contributed by atoms with E-state index < -0.39 is 27.5 Å². The van der Waals surface area contributed by atoms with Gasteiger partial charge in [-0.15, -0.1) is 0 Å². The summed E-state index contributed by atoms with van der Waals surface area (Å²) >= 11 is 0. The molecule has 124 valence electrons. The van der Waals surface area contributed by atoms with Crippen LogP contribution in [-0.4, -0.2) is 26.1 Å². The summed E-state index contributed by atoms with van der Waals surface area (Å²) in [4.78, 5) is 16.4. The predicted octanol–water partition coefficient (Wildman–Crippen LogP) is 2.80. The van der Waals surface area contributed by atoms with Crippen LogP contribution in [0.25, 0.3) is 0 Å². The van der Waals surface area contributed by atoms with E-state index in [1.54, 1.807) is 46.8 Å². The first-order valence-corrected chi connectivity index (χ1v) is 8.49. The molecule has 1 rings (SSSR count). The Morgan fingerprint density at radius 3 is 2.09 bits per heavy atom. The van der Waals surface area contributed by atoms with E-state index in [0.29, 0.717) is 11.1 Å². The number of sulfone groups is 1. The number of amides is 1. The van der Waals surface area contributed by atoms with Gasteiger partial charge in [-0.3, -0.25) is 4.84 Å². The fraction of sp³-hybridized carbons (Fsp3) is 0.533. The van der Waals surface area contributed by atoms with Crippen molar-refractivity contribution in [3.63, 3.8) is 0 Å². The highest BCUT2D eigenvalue weighted by Gasteiger charge is 2.22. The van der Waals surface area contributed by atoms with E-state index in [0.717, 1.165) is 5.56 Å². The number of carbonyl (C=O) groups excluding carboxylic acids is 1. The molecule has 0 unspecified atom stereocenters. The second-order valence-corrected chi connectivity index (χ2v) is 8.08. The molecule has 1 aromatic rings. The van der Waals surface area contributed by atoms with E-state index in [2.05, 4.69) is 0 Å². The van der Waals surface area contributed by atoms with Crippen LogP contribution < -0.4 is 5.48 Å². The lowest BCUT2D eigenvalue weighted by molar-refractivity contribution is 0.00412. The lowest BCUT2D eigenvalue weighted by Crippen LogP contribution is -2.33. The molecule has 0 aliphatic heterocycles. The summed E-state index contributed by atoms with van der Waals surface area (Å²) in [5.74, 6) is -0.656. The van der Waals surface area contributed by atoms with E-state index in [1.165, 1.54) is 0 Å². The highest BCUT2D eigenvalue weighted by molar-refractivity contribution is 7.91. The molecule has 0 aliphatic carbocycles. The average Bonchev–Trinajstić information content (AvgIpc) is 2.23. The van der Waals surface area contributed by atoms with Gasteiger partial charge in [0.05, 0.1) is 4.90 Å². The summed E-state index contributed by atoms with van der Waals surface area (Å²) in [7, 11) is -3.67. The number of hydrogen-bond acceptors (Lipinski definition) is 5. The van der Waals surface area contributed by atoms with Crippen LogP contribution in [0.3, 0.4) is 0 Å². The zero-order valence-corrected chi connectivity index (χ0v) is 14.6. The molecule has 0 aliphatic rings. The van der Waals surface area contributed by atoms with Crippen molar-refractivity contribution in [3.8, 4) is 0 Å². The molecule has 0 aromatic heterocycles. The Balaban J connectivity index is 2.76. The predicted molar refractivity (Wildman–Crippen MR) is 83.2 cm³/mol. The van der Waals surface area contributed by atoms with Gasteiger partial charge in [0.2, 0.25) is 9.84 Å². The minimum atomic E-state index is -3.67. The zero-order chi connectivity index (χ0) is 17.1. The van der Waals surface area contributed by atoms with Crippen LogP contribution in [0, 0.1) is 20.8 Å². The van der Waals surface area contributed by atoms with Gasteiger partial charge in [0.1, 0.15) is 5.60 Å². The first-order valence-electron chi connectivity index (χ1n) is 6.84. The van der Waals surface area contributed by atoms with Crippen molar-refractivity contribution in [1.29, 1.82) is 0 Å². The molecule has 0 radical (unpaired) electrons. The minimum Gasteiger partial charge on any atom is -0.442 e. The van der Waals surface area contributed by atoms with E-state index in [9.17, 15) is 13.2 Å². The number of carbonyl (C=O) groups is 1. The Hall–Kier alpha value is -1.60. The van der Waals surface area contributed by atoms with Crippen molar-refractivity contribution in [3.05, 3.63) is 28.8 Å². The molecule has 1 N–H and O–H groups in total. The molecule has 0 atom stereocenters. The molecule has 7 heteroatoms. The Bertz CT molecular complexity index is 636. The zero-order valence-electron chi connectivity index (χ0n) is 13.8. The second-order valence-electron chi connectivity index (χ2n) is 6.21. The lowest BCUT2D eigenvalue weighted by Gasteiger charge is -2.19. The number of benzene rings is 1. The van der Waals surface area contributed by atoms with Crippen LogP contribution in [0.2, 0.25) is 0 Å². The van der Waals surface area contributed by atoms with E-state index in [4.69, 9.17) is 9.57 Å². The third kappa shape index (κ3) is 5.31. The standard InChI is InChI=1S/C15H23NO5S/c1-10-7-11(2)13(12(3)8-10)22(18,19)9-20-16-14(17)21-15(4,5)6/h7-8H,9H2,1-6H3,(H,16,17). The van der Waals surface area contributed by atoms with E-state index >= 15 is 0 Å². The van der Waals surface area contributed by atoms with Crippen molar-refractivity contribution in [2.45, 2.75) is 52.0 Å². The van der Waals surface area contributed by atoms with E-state index in [-0.39, 0.29) is 4.90 Å². The molecule has 0 spiro atoms. The van der Waals surface area contributed by atoms with Gasteiger partial charge < -0.3 is 4.74 Å². The van der Waals surface area contributed by atoms with Gasteiger partial charge >= 0.3 is 6.09 Å². The number of aryl methyl sites for hydroxylation is 3. The SMILES string of the molecule is Cc1cc(C)c(S(=O)(=O)CONC(=O)OC(C)(C)C)c(C)c1. The quantitative estimate of drug-likeness (QED) is 0.859. The second kappa shape index (κ2) is 6.66. The minimum absolute atomic E-state index is 0.226. The molecule has 1 amide bonds. The number of ether oxygens (including phenoxy) is 1. The summed E-state index contributed by atoms with van der Waals surface area (Å²) in [5, 5.41) is 0. The first-order chi connectivity index (χ1) is 9.92. The van der Waals surface area contributed by atoms with Gasteiger partial charge in [0.15, 0.2) is 5.94 Å². The molecule has 22 heavy (non-hydrogen) atoms. The molecule has 0 saturated carbocycles. The summed E-state index contributed by atoms with van der Waals surface area (Å²) in [5.41, 5.74) is 3.58. The smallest absolute Gasteiger partial charge is 0.431 e. The monoisotopic (exact) mass is 329 g/mol. The van der Waals surface area contributed by atoms with E-state index in [1.807, 2.05) is 12.4 Å². The van der Waals surface area contributed by atoms with Crippen molar-refractivity contribution in [2.24, 2.45) is 0 Å². The average molecular weight is 329 g/mol. The Morgan fingerprint density at radius 2 is 1.64 bits per heavy atom. The highest BCUT2D eigenvalue weighted by atomic mass is 32.2. The number of nitrogens with one attached hydrogen (secondary N) is 1. The van der Waals surface area contributed by atoms with Crippen molar-refractivity contribution < 1.29 is 22.8 Å². The van der Waals surface area contributed by atoms with Crippen LogP contribution in [-0.2, 0) is 19.4 Å². The normalized spacial score (nSPS) is 12.1. The molecular formula is C15H23NO5S. The van der Waals surface area contributed by atoms with Crippen molar-refractivity contribution >= 4 is 15.9 Å². The topological polar surface area (TPSA) is 81.7 Å². The van der Waals surface area contributed by atoms with Gasteiger partial charge in [-0.1, -0.05) is 17.7 Å². The Kier molecular flexibility index (Phi) is 5.59. The third-order valence-corrected chi connectivity index (χ3v) is 4.38. The molecule has 0 heterocycles.